The first-order valence-electron chi connectivity index (χ1n) is 7.06. The van der Waals surface area contributed by atoms with Crippen molar-refractivity contribution in [1.82, 2.24) is 10.2 Å². The third-order valence-corrected chi connectivity index (χ3v) is 5.91. The van der Waals surface area contributed by atoms with Gasteiger partial charge in [-0.05, 0) is 22.4 Å². The topological polar surface area (TPSA) is 95.9 Å². The van der Waals surface area contributed by atoms with Crippen LogP contribution in [0.5, 0.6) is 0 Å². The lowest BCUT2D eigenvalue weighted by molar-refractivity contribution is -0.159. The van der Waals surface area contributed by atoms with E-state index in [0.29, 0.717) is 5.57 Å². The highest BCUT2D eigenvalue weighted by Crippen LogP contribution is 2.40. The molecule has 2 amide bonds. The summed E-state index contributed by atoms with van der Waals surface area (Å²) in [6, 6.07) is 1.93. The van der Waals surface area contributed by atoms with Gasteiger partial charge in [-0.3, -0.25) is 14.4 Å². The normalized spacial score (nSPS) is 25.4. The lowest BCUT2D eigenvalue weighted by Crippen LogP contribution is -2.74. The second-order valence-electron chi connectivity index (χ2n) is 5.26. The molecular weight excluding hydrogens is 351 g/mol. The van der Waals surface area contributed by atoms with Crippen LogP contribution in [-0.2, 0) is 25.5 Å². The average Bonchev–Trinajstić information content (AvgIpc) is 3.10. The number of thioether (sulfide) groups is 1. The first-order valence-corrected chi connectivity index (χ1v) is 8.88. The van der Waals surface area contributed by atoms with Crippen LogP contribution in [0, 0.1) is 0 Å². The summed E-state index contributed by atoms with van der Waals surface area (Å²) in [5.41, 5.74) is 0.336. The molecule has 1 saturated heterocycles. The number of fused-ring (bicyclic) bond motifs is 1. The number of carbonyl (C=O) groups is 3. The van der Waals surface area contributed by atoms with Crippen molar-refractivity contribution in [3.05, 3.63) is 33.4 Å². The van der Waals surface area contributed by atoms with Gasteiger partial charge in [0.15, 0.2) is 6.04 Å². The van der Waals surface area contributed by atoms with Gasteiger partial charge in [0, 0.05) is 4.88 Å². The van der Waals surface area contributed by atoms with Gasteiger partial charge >= 0.3 is 14.0 Å². The fourth-order valence-electron chi connectivity index (χ4n) is 2.69. The predicted molar refractivity (Wildman–Crippen MR) is 89.0 cm³/mol. The fourth-order valence-corrected chi connectivity index (χ4v) is 4.61. The Balaban J connectivity index is 1.69. The Morgan fingerprint density at radius 3 is 2.88 bits per heavy atom. The van der Waals surface area contributed by atoms with Crippen LogP contribution in [0.25, 0.3) is 0 Å². The standard InChI is InChI=1S/C14H13BN2O5S2/c15-22-14(21)11-7(5-18)6-24-13-10(12(20)17(11)13)16-9(19)4-8-2-1-3-23-8/h1-3,6,10-11,13,18H,4-5H2,(H,16,19)/t10-,11-,13-/m1/s1. The molecule has 0 bridgehead atoms. The molecule has 3 heterocycles. The minimum Gasteiger partial charge on any atom is -0.542 e. The van der Waals surface area contributed by atoms with E-state index < -0.39 is 35.9 Å². The maximum absolute atomic E-state index is 12.4. The van der Waals surface area contributed by atoms with E-state index in [9.17, 15) is 19.5 Å². The predicted octanol–water partition coefficient (Wildman–Crippen LogP) is -0.438. The molecule has 0 aliphatic carbocycles. The molecule has 2 aliphatic heterocycles. The summed E-state index contributed by atoms with van der Waals surface area (Å²) < 4.78 is 4.23. The van der Waals surface area contributed by atoms with E-state index in [1.54, 1.807) is 5.41 Å². The summed E-state index contributed by atoms with van der Waals surface area (Å²) in [6.45, 7) is -0.390. The molecule has 0 aromatic carbocycles. The zero-order chi connectivity index (χ0) is 17.3. The smallest absolute Gasteiger partial charge is 0.378 e. The SMILES string of the molecule is [B]OC(=O)[C@H]1C(CO)=CS[C@@H]2[C@H](NC(=O)Cc3cccs3)C(=O)N12. The van der Waals surface area contributed by atoms with E-state index in [1.807, 2.05) is 17.5 Å². The number of amides is 2. The van der Waals surface area contributed by atoms with Crippen LogP contribution in [0.15, 0.2) is 28.5 Å². The Labute approximate surface area is 147 Å². The molecule has 3 rings (SSSR count). The molecule has 0 spiro atoms. The highest BCUT2D eigenvalue weighted by atomic mass is 32.2. The Morgan fingerprint density at radius 1 is 1.46 bits per heavy atom. The van der Waals surface area contributed by atoms with Crippen LogP contribution in [0.2, 0.25) is 0 Å². The number of hydrogen-bond acceptors (Lipinski definition) is 7. The molecule has 1 aromatic rings. The minimum absolute atomic E-state index is 0.199. The van der Waals surface area contributed by atoms with Crippen LogP contribution in [0.4, 0.5) is 0 Å². The Kier molecular flexibility index (Phi) is 4.97. The van der Waals surface area contributed by atoms with Crippen molar-refractivity contribution in [3.63, 3.8) is 0 Å². The zero-order valence-corrected chi connectivity index (χ0v) is 14.0. The van der Waals surface area contributed by atoms with E-state index >= 15 is 0 Å². The van der Waals surface area contributed by atoms with Gasteiger partial charge in [0.2, 0.25) is 11.8 Å². The lowest BCUT2D eigenvalue weighted by Gasteiger charge is -2.51. The van der Waals surface area contributed by atoms with Gasteiger partial charge in [0.05, 0.1) is 13.0 Å². The van der Waals surface area contributed by atoms with Crippen molar-refractivity contribution in [2.45, 2.75) is 23.9 Å². The fraction of sp³-hybridized carbons (Fsp3) is 0.357. The summed E-state index contributed by atoms with van der Waals surface area (Å²) in [5, 5.41) is 15.1. The van der Waals surface area contributed by atoms with Crippen molar-refractivity contribution in [2.75, 3.05) is 6.61 Å². The van der Waals surface area contributed by atoms with Gasteiger partial charge in [-0.15, -0.1) is 23.1 Å². The van der Waals surface area contributed by atoms with E-state index in [-0.39, 0.29) is 12.3 Å². The zero-order valence-electron chi connectivity index (χ0n) is 12.4. The first-order chi connectivity index (χ1) is 11.6. The molecule has 1 aromatic heterocycles. The quantitative estimate of drug-likeness (QED) is 0.544. The molecule has 1 fully saturated rings. The van der Waals surface area contributed by atoms with E-state index in [1.165, 1.54) is 28.0 Å². The number of β-lactam (4-membered cyclic amide) rings is 1. The Bertz CT molecular complexity index is 693. The van der Waals surface area contributed by atoms with E-state index in [0.717, 1.165) is 4.88 Å². The summed E-state index contributed by atoms with van der Waals surface area (Å²) >= 11 is 2.73. The molecule has 7 nitrogen and oxygen atoms in total. The average molecular weight is 364 g/mol. The maximum Gasteiger partial charge on any atom is 0.378 e. The Morgan fingerprint density at radius 2 is 2.25 bits per heavy atom. The summed E-state index contributed by atoms with van der Waals surface area (Å²) in [4.78, 5) is 38.4. The number of thiophene rings is 1. The van der Waals surface area contributed by atoms with E-state index in [4.69, 9.17) is 8.05 Å². The highest BCUT2D eigenvalue weighted by molar-refractivity contribution is 8.02. The van der Waals surface area contributed by atoms with Gasteiger partial charge < -0.3 is 20.0 Å². The van der Waals surface area contributed by atoms with Gasteiger partial charge in [-0.2, -0.15) is 0 Å². The van der Waals surface area contributed by atoms with Crippen LogP contribution < -0.4 is 5.32 Å². The van der Waals surface area contributed by atoms with Crippen molar-refractivity contribution in [2.24, 2.45) is 0 Å². The molecule has 2 N–H and O–H groups in total. The summed E-state index contributed by atoms with van der Waals surface area (Å²) in [7, 11) is 4.92. The van der Waals surface area contributed by atoms with Crippen molar-refractivity contribution in [1.29, 1.82) is 0 Å². The molecule has 2 radical (unpaired) electrons. The molecule has 124 valence electrons. The highest BCUT2D eigenvalue weighted by Gasteiger charge is 2.55. The van der Waals surface area contributed by atoms with Crippen LogP contribution >= 0.6 is 23.1 Å². The van der Waals surface area contributed by atoms with Crippen LogP contribution in [-0.4, -0.2) is 59.9 Å². The van der Waals surface area contributed by atoms with Gasteiger partial charge in [0.25, 0.3) is 0 Å². The van der Waals surface area contributed by atoms with Gasteiger partial charge in [-0.1, -0.05) is 6.07 Å². The number of aliphatic hydroxyl groups is 1. The van der Waals surface area contributed by atoms with Crippen LogP contribution in [0.1, 0.15) is 4.88 Å². The second-order valence-corrected chi connectivity index (χ2v) is 7.29. The van der Waals surface area contributed by atoms with Crippen molar-refractivity contribution in [3.8, 4) is 0 Å². The largest absolute Gasteiger partial charge is 0.542 e. The number of carbonyl (C=O) groups excluding carboxylic acids is 3. The maximum atomic E-state index is 12.4. The second kappa shape index (κ2) is 7.00. The molecule has 3 atom stereocenters. The van der Waals surface area contributed by atoms with Gasteiger partial charge in [0.1, 0.15) is 11.4 Å². The van der Waals surface area contributed by atoms with E-state index in [2.05, 4.69) is 9.97 Å². The summed E-state index contributed by atoms with van der Waals surface area (Å²) in [5.74, 6) is -1.48. The van der Waals surface area contributed by atoms with Crippen molar-refractivity contribution < 1.29 is 24.1 Å². The number of hydrogen-bond donors (Lipinski definition) is 2. The van der Waals surface area contributed by atoms with Crippen LogP contribution in [0.3, 0.4) is 0 Å². The molecular formula is C14H13BN2O5S2. The monoisotopic (exact) mass is 364 g/mol. The Hall–Kier alpha value is -1.78. The third-order valence-electron chi connectivity index (χ3n) is 3.82. The molecule has 24 heavy (non-hydrogen) atoms. The molecule has 0 saturated carbocycles. The number of nitrogens with zero attached hydrogens (tertiary/aromatic N) is 1. The molecule has 2 aliphatic rings. The van der Waals surface area contributed by atoms with Crippen molar-refractivity contribution >= 4 is 48.9 Å². The first kappa shape index (κ1) is 17.1. The number of nitrogens with one attached hydrogen (secondary N) is 1. The third kappa shape index (κ3) is 2.96. The molecule has 10 heteroatoms. The van der Waals surface area contributed by atoms with Gasteiger partial charge in [-0.25, -0.2) is 0 Å². The molecule has 0 unspecified atom stereocenters. The number of aliphatic hydroxyl groups excluding tert-OH is 1. The lowest BCUT2D eigenvalue weighted by atomic mass is 9.98. The number of rotatable bonds is 5. The summed E-state index contributed by atoms with van der Waals surface area (Å²) in [6.07, 6.45) is 0.199. The minimum atomic E-state index is -1.05.